The minimum absolute atomic E-state index is 0.0514. The molecule has 0 aliphatic carbocycles. The number of benzene rings is 1. The number of aryl methyl sites for hydroxylation is 1. The molecule has 1 aliphatic heterocycles. The van der Waals surface area contributed by atoms with Gasteiger partial charge < -0.3 is 15.0 Å². The molecule has 0 saturated carbocycles. The van der Waals surface area contributed by atoms with E-state index in [2.05, 4.69) is 21.2 Å². The van der Waals surface area contributed by atoms with Crippen molar-refractivity contribution in [2.45, 2.75) is 46.1 Å². The fourth-order valence-electron chi connectivity index (χ4n) is 2.65. The molecule has 1 saturated heterocycles. The molecule has 0 bridgehead atoms. The van der Waals surface area contributed by atoms with Gasteiger partial charge in [-0.1, -0.05) is 22.0 Å². The molecule has 2 amide bonds. The SMILES string of the molecule is Cc1ccc(Br)cc1NC(=O)C1CCCN(C(=O)OC(C)(C)C)C1. The van der Waals surface area contributed by atoms with E-state index in [0.717, 1.165) is 28.6 Å². The molecule has 1 aliphatic rings. The number of halogens is 1. The summed E-state index contributed by atoms with van der Waals surface area (Å²) in [4.78, 5) is 26.4. The van der Waals surface area contributed by atoms with Gasteiger partial charge in [0.15, 0.2) is 0 Å². The highest BCUT2D eigenvalue weighted by atomic mass is 79.9. The number of carbonyl (C=O) groups is 2. The third kappa shape index (κ3) is 5.23. The normalized spacial score (nSPS) is 18.2. The van der Waals surface area contributed by atoms with E-state index >= 15 is 0 Å². The highest BCUT2D eigenvalue weighted by Gasteiger charge is 2.31. The van der Waals surface area contributed by atoms with Crippen molar-refractivity contribution < 1.29 is 14.3 Å². The van der Waals surface area contributed by atoms with Crippen molar-refractivity contribution in [3.05, 3.63) is 28.2 Å². The van der Waals surface area contributed by atoms with Gasteiger partial charge in [0.05, 0.1) is 5.92 Å². The van der Waals surface area contributed by atoms with Crippen LogP contribution in [0.15, 0.2) is 22.7 Å². The lowest BCUT2D eigenvalue weighted by Gasteiger charge is -2.33. The van der Waals surface area contributed by atoms with Crippen LogP contribution < -0.4 is 5.32 Å². The molecule has 24 heavy (non-hydrogen) atoms. The van der Waals surface area contributed by atoms with Crippen LogP contribution in [0.2, 0.25) is 0 Å². The van der Waals surface area contributed by atoms with Gasteiger partial charge in [0.1, 0.15) is 5.60 Å². The molecular formula is C18H25BrN2O3. The van der Waals surface area contributed by atoms with Crippen LogP contribution >= 0.6 is 15.9 Å². The standard InChI is InChI=1S/C18H25BrN2O3/c1-12-7-8-14(19)10-15(12)20-16(22)13-6-5-9-21(11-13)17(23)24-18(2,3)4/h7-8,10,13H,5-6,9,11H2,1-4H3,(H,20,22). The molecule has 0 radical (unpaired) electrons. The van der Waals surface area contributed by atoms with Crippen LogP contribution in [0.1, 0.15) is 39.2 Å². The van der Waals surface area contributed by atoms with E-state index in [4.69, 9.17) is 4.74 Å². The van der Waals surface area contributed by atoms with Crippen molar-refractivity contribution in [2.24, 2.45) is 5.92 Å². The Hall–Kier alpha value is -1.56. The molecule has 0 spiro atoms. The first-order valence-corrected chi connectivity index (χ1v) is 9.00. The highest BCUT2D eigenvalue weighted by molar-refractivity contribution is 9.10. The third-order valence-electron chi connectivity index (χ3n) is 3.90. The molecule has 1 heterocycles. The number of nitrogens with one attached hydrogen (secondary N) is 1. The van der Waals surface area contributed by atoms with Crippen molar-refractivity contribution in [3.63, 3.8) is 0 Å². The number of nitrogens with zero attached hydrogens (tertiary/aromatic N) is 1. The van der Waals surface area contributed by atoms with Gasteiger partial charge in [-0.25, -0.2) is 4.79 Å². The summed E-state index contributed by atoms with van der Waals surface area (Å²) in [5.41, 5.74) is 1.27. The molecule has 5 nitrogen and oxygen atoms in total. The van der Waals surface area contributed by atoms with Crippen molar-refractivity contribution in [3.8, 4) is 0 Å². The van der Waals surface area contributed by atoms with Crippen molar-refractivity contribution in [1.29, 1.82) is 0 Å². The molecule has 0 aromatic heterocycles. The fraction of sp³-hybridized carbons (Fsp3) is 0.556. The number of hydrogen-bond donors (Lipinski definition) is 1. The van der Waals surface area contributed by atoms with Crippen LogP contribution in [-0.2, 0) is 9.53 Å². The Balaban J connectivity index is 2.00. The summed E-state index contributed by atoms with van der Waals surface area (Å²) >= 11 is 3.42. The smallest absolute Gasteiger partial charge is 0.410 e. The Morgan fingerprint density at radius 3 is 2.71 bits per heavy atom. The van der Waals surface area contributed by atoms with E-state index in [1.54, 1.807) is 4.90 Å². The van der Waals surface area contributed by atoms with Crippen LogP contribution in [0.25, 0.3) is 0 Å². The number of hydrogen-bond acceptors (Lipinski definition) is 3. The highest BCUT2D eigenvalue weighted by Crippen LogP contribution is 2.24. The number of carbonyl (C=O) groups excluding carboxylic acids is 2. The Morgan fingerprint density at radius 2 is 2.04 bits per heavy atom. The molecule has 132 valence electrons. The predicted octanol–water partition coefficient (Wildman–Crippen LogP) is 4.34. The second-order valence-corrected chi connectivity index (χ2v) is 8.13. The van der Waals surface area contributed by atoms with Gasteiger partial charge in [-0.3, -0.25) is 4.79 Å². The van der Waals surface area contributed by atoms with Gasteiger partial charge in [0, 0.05) is 23.2 Å². The second kappa shape index (κ2) is 7.55. The number of ether oxygens (including phenoxy) is 1. The molecule has 2 rings (SSSR count). The van der Waals surface area contributed by atoms with Gasteiger partial charge in [0.2, 0.25) is 5.91 Å². The average Bonchev–Trinajstić information content (AvgIpc) is 2.49. The van der Waals surface area contributed by atoms with Crippen LogP contribution in [0.4, 0.5) is 10.5 Å². The molecule has 1 atom stereocenters. The monoisotopic (exact) mass is 396 g/mol. The van der Waals surface area contributed by atoms with E-state index in [0.29, 0.717) is 13.1 Å². The minimum atomic E-state index is -0.528. The van der Waals surface area contributed by atoms with Gasteiger partial charge in [-0.2, -0.15) is 0 Å². The zero-order chi connectivity index (χ0) is 17.9. The molecule has 1 aromatic carbocycles. The maximum atomic E-state index is 12.6. The van der Waals surface area contributed by atoms with Gasteiger partial charge in [0.25, 0.3) is 0 Å². The van der Waals surface area contributed by atoms with Gasteiger partial charge in [-0.05, 0) is 58.2 Å². The second-order valence-electron chi connectivity index (χ2n) is 7.21. The molecular weight excluding hydrogens is 372 g/mol. The number of piperidine rings is 1. The van der Waals surface area contributed by atoms with Crippen molar-refractivity contribution in [1.82, 2.24) is 4.90 Å². The Labute approximate surface area is 151 Å². The van der Waals surface area contributed by atoms with E-state index in [1.807, 2.05) is 45.9 Å². The molecule has 1 fully saturated rings. The summed E-state index contributed by atoms with van der Waals surface area (Å²) in [6, 6.07) is 5.78. The summed E-state index contributed by atoms with van der Waals surface area (Å²) in [6.07, 6.45) is 1.23. The predicted molar refractivity (Wildman–Crippen MR) is 98.0 cm³/mol. The van der Waals surface area contributed by atoms with Crippen molar-refractivity contribution >= 4 is 33.6 Å². The summed E-state index contributed by atoms with van der Waals surface area (Å²) in [5, 5.41) is 2.98. The van der Waals surface area contributed by atoms with E-state index in [9.17, 15) is 9.59 Å². The summed E-state index contributed by atoms with van der Waals surface area (Å²) in [6.45, 7) is 8.51. The van der Waals surface area contributed by atoms with Gasteiger partial charge in [-0.15, -0.1) is 0 Å². The van der Waals surface area contributed by atoms with Gasteiger partial charge >= 0.3 is 6.09 Å². The number of likely N-dealkylation sites (tertiary alicyclic amines) is 1. The molecule has 1 aromatic rings. The number of rotatable bonds is 2. The molecule has 1 unspecified atom stereocenters. The first-order chi connectivity index (χ1) is 11.2. The Kier molecular flexibility index (Phi) is 5.91. The lowest BCUT2D eigenvalue weighted by atomic mass is 9.97. The molecule has 1 N–H and O–H groups in total. The largest absolute Gasteiger partial charge is 0.444 e. The summed E-state index contributed by atoms with van der Waals surface area (Å²) in [7, 11) is 0. The van der Waals surface area contributed by atoms with Crippen molar-refractivity contribution in [2.75, 3.05) is 18.4 Å². The maximum Gasteiger partial charge on any atom is 0.410 e. The molecule has 6 heteroatoms. The average molecular weight is 397 g/mol. The third-order valence-corrected chi connectivity index (χ3v) is 4.39. The number of amides is 2. The first-order valence-electron chi connectivity index (χ1n) is 8.20. The summed E-state index contributed by atoms with van der Waals surface area (Å²) in [5.74, 6) is -0.269. The maximum absolute atomic E-state index is 12.6. The summed E-state index contributed by atoms with van der Waals surface area (Å²) < 4.78 is 6.33. The fourth-order valence-corrected chi connectivity index (χ4v) is 3.01. The van der Waals surface area contributed by atoms with Crippen LogP contribution in [-0.4, -0.2) is 35.6 Å². The zero-order valence-corrected chi connectivity index (χ0v) is 16.3. The van der Waals surface area contributed by atoms with Crippen LogP contribution in [0, 0.1) is 12.8 Å². The first kappa shape index (κ1) is 18.8. The van der Waals surface area contributed by atoms with Crippen LogP contribution in [0.3, 0.4) is 0 Å². The van der Waals surface area contributed by atoms with E-state index < -0.39 is 5.60 Å². The topological polar surface area (TPSA) is 58.6 Å². The quantitative estimate of drug-likeness (QED) is 0.808. The minimum Gasteiger partial charge on any atom is -0.444 e. The Morgan fingerprint density at radius 1 is 1.33 bits per heavy atom. The Bertz CT molecular complexity index is 625. The zero-order valence-electron chi connectivity index (χ0n) is 14.7. The van der Waals surface area contributed by atoms with E-state index in [-0.39, 0.29) is 17.9 Å². The van der Waals surface area contributed by atoms with Crippen LogP contribution in [0.5, 0.6) is 0 Å². The number of anilines is 1. The van der Waals surface area contributed by atoms with E-state index in [1.165, 1.54) is 0 Å². The lowest BCUT2D eigenvalue weighted by molar-refractivity contribution is -0.121. The lowest BCUT2D eigenvalue weighted by Crippen LogP contribution is -2.45.